The molecule has 0 spiro atoms. The van der Waals surface area contributed by atoms with E-state index in [2.05, 4.69) is 20.3 Å². The fourth-order valence-electron chi connectivity index (χ4n) is 3.20. The molecular formula is C20H24F3N3O5. The van der Waals surface area contributed by atoms with E-state index < -0.39 is 12.5 Å². The molecule has 0 bridgehead atoms. The van der Waals surface area contributed by atoms with E-state index in [1.165, 1.54) is 0 Å². The van der Waals surface area contributed by atoms with Gasteiger partial charge in [0.05, 0.1) is 18.8 Å². The molecule has 2 aliphatic rings. The summed E-state index contributed by atoms with van der Waals surface area (Å²) >= 11 is 0. The summed E-state index contributed by atoms with van der Waals surface area (Å²) in [5, 5.41) is 9.96. The van der Waals surface area contributed by atoms with Crippen molar-refractivity contribution in [1.82, 2.24) is 15.5 Å². The minimum atomic E-state index is -4.55. The van der Waals surface area contributed by atoms with Gasteiger partial charge in [-0.3, -0.25) is 9.53 Å². The van der Waals surface area contributed by atoms with Crippen LogP contribution in [0.2, 0.25) is 0 Å². The topological polar surface area (TPSA) is 95.7 Å². The van der Waals surface area contributed by atoms with Crippen LogP contribution >= 0.6 is 0 Å². The molecule has 0 radical (unpaired) electrons. The minimum absolute atomic E-state index is 0.0561. The molecule has 1 aliphatic carbocycles. The summed E-state index contributed by atoms with van der Waals surface area (Å²) in [7, 11) is 0. The number of carbonyl (C=O) groups excluding carboxylic acids is 1. The van der Waals surface area contributed by atoms with Gasteiger partial charge in [-0.1, -0.05) is 18.2 Å². The maximum Gasteiger partial charge on any atom is 0.522 e. The van der Waals surface area contributed by atoms with Gasteiger partial charge in [0.15, 0.2) is 6.61 Å². The zero-order valence-electron chi connectivity index (χ0n) is 16.7. The van der Waals surface area contributed by atoms with Gasteiger partial charge in [0.1, 0.15) is 5.75 Å². The van der Waals surface area contributed by atoms with E-state index >= 15 is 0 Å². The third-order valence-electron chi connectivity index (χ3n) is 4.76. The van der Waals surface area contributed by atoms with Gasteiger partial charge in [-0.25, -0.2) is 0 Å². The van der Waals surface area contributed by atoms with Crippen molar-refractivity contribution in [3.63, 3.8) is 0 Å². The molecule has 4 rings (SSSR count). The first-order valence-corrected chi connectivity index (χ1v) is 9.94. The van der Waals surface area contributed by atoms with Gasteiger partial charge in [-0.2, -0.15) is 0 Å². The summed E-state index contributed by atoms with van der Waals surface area (Å²) in [6, 6.07) is 9.46. The van der Waals surface area contributed by atoms with Crippen LogP contribution in [0.3, 0.4) is 0 Å². The highest BCUT2D eigenvalue weighted by atomic mass is 19.4. The highest BCUT2D eigenvalue weighted by Crippen LogP contribution is 2.40. The smallest absolute Gasteiger partial charge is 0.484 e. The first-order chi connectivity index (χ1) is 14.9. The lowest BCUT2D eigenvalue weighted by atomic mass is 9.82. The molecule has 1 amide bonds. The number of carbonyl (C=O) groups is 1. The quantitative estimate of drug-likeness (QED) is 0.732. The molecule has 1 aliphatic heterocycles. The number of nitrogens with one attached hydrogen (secondary N) is 1. The van der Waals surface area contributed by atoms with Gasteiger partial charge in [-0.15, -0.1) is 23.4 Å². The molecule has 1 N–H and O–H groups in total. The minimum Gasteiger partial charge on any atom is -0.484 e. The highest BCUT2D eigenvalue weighted by molar-refractivity contribution is 5.77. The summed E-state index contributed by atoms with van der Waals surface area (Å²) in [6.45, 7) is 1.46. The number of nitrogens with zero attached hydrogens (tertiary/aromatic N) is 2. The van der Waals surface area contributed by atoms with E-state index in [-0.39, 0.29) is 37.3 Å². The predicted molar refractivity (Wildman–Crippen MR) is 101 cm³/mol. The van der Waals surface area contributed by atoms with Crippen molar-refractivity contribution in [1.29, 1.82) is 0 Å². The first-order valence-electron chi connectivity index (χ1n) is 9.94. The van der Waals surface area contributed by atoms with Crippen LogP contribution in [0, 0.1) is 0 Å². The molecule has 2 heterocycles. The lowest BCUT2D eigenvalue weighted by molar-refractivity contribution is -0.352. The Kier molecular flexibility index (Phi) is 8.24. The first kappa shape index (κ1) is 23.0. The number of para-hydroxylation sites is 1. The maximum absolute atomic E-state index is 11.7. The molecule has 170 valence electrons. The normalized spacial score (nSPS) is 23.1. The van der Waals surface area contributed by atoms with E-state index in [1.807, 2.05) is 30.3 Å². The molecule has 1 unspecified atom stereocenters. The Morgan fingerprint density at radius 2 is 2.00 bits per heavy atom. The molecule has 8 nitrogen and oxygen atoms in total. The van der Waals surface area contributed by atoms with Crippen molar-refractivity contribution in [2.75, 3.05) is 19.8 Å². The maximum atomic E-state index is 11.7. The van der Waals surface area contributed by atoms with Crippen LogP contribution in [0.1, 0.15) is 37.5 Å². The number of hydrogen-bond donors (Lipinski definition) is 1. The van der Waals surface area contributed by atoms with Crippen LogP contribution in [0.5, 0.6) is 5.75 Å². The van der Waals surface area contributed by atoms with Crippen molar-refractivity contribution in [3.05, 3.63) is 42.6 Å². The van der Waals surface area contributed by atoms with E-state index in [4.69, 9.17) is 13.9 Å². The number of aromatic nitrogens is 2. The van der Waals surface area contributed by atoms with E-state index in [9.17, 15) is 18.0 Å². The second-order valence-corrected chi connectivity index (χ2v) is 7.21. The average Bonchev–Trinajstić information content (AvgIpc) is 3.24. The molecule has 2 fully saturated rings. The Morgan fingerprint density at radius 1 is 1.23 bits per heavy atom. The summed E-state index contributed by atoms with van der Waals surface area (Å²) in [6.07, 6.45) is -1.62. The largest absolute Gasteiger partial charge is 0.522 e. The number of halogens is 3. The summed E-state index contributed by atoms with van der Waals surface area (Å²) in [5.41, 5.74) is 0. The number of rotatable bonds is 6. The van der Waals surface area contributed by atoms with Crippen LogP contribution in [0.4, 0.5) is 13.2 Å². The standard InChI is InChI=1S/C13H17NO3.C7H7F3N2O2/c15-13(14-11-5-4-8-16-9-11)10-17-12-6-2-1-3-7-12;8-7(9,10)14-5-1-4(2-5)6-12-11-3-13-6/h1-3,6-7,11H,4-5,8-10H2,(H,14,15);3-5H,1-2H2. The monoisotopic (exact) mass is 443 g/mol. The van der Waals surface area contributed by atoms with Crippen LogP contribution in [0.25, 0.3) is 0 Å². The van der Waals surface area contributed by atoms with Gasteiger partial charge >= 0.3 is 6.36 Å². The molecule has 1 aromatic heterocycles. The lowest BCUT2D eigenvalue weighted by Gasteiger charge is -2.32. The Labute approximate surface area is 177 Å². The molecule has 31 heavy (non-hydrogen) atoms. The van der Waals surface area contributed by atoms with Crippen molar-refractivity contribution < 1.29 is 36.6 Å². The Hall–Kier alpha value is -2.66. The Morgan fingerprint density at radius 3 is 2.61 bits per heavy atom. The number of alkyl halides is 3. The lowest BCUT2D eigenvalue weighted by Crippen LogP contribution is -2.42. The van der Waals surface area contributed by atoms with Crippen molar-refractivity contribution in [3.8, 4) is 5.75 Å². The third kappa shape index (κ3) is 8.18. The average molecular weight is 443 g/mol. The van der Waals surface area contributed by atoms with Gasteiger partial charge in [0, 0.05) is 12.5 Å². The fraction of sp³-hybridized carbons (Fsp3) is 0.550. The predicted octanol–water partition coefficient (Wildman–Crippen LogP) is 3.21. The van der Waals surface area contributed by atoms with Crippen LogP contribution < -0.4 is 10.1 Å². The van der Waals surface area contributed by atoms with Crippen LogP contribution in [-0.2, 0) is 14.3 Å². The zero-order valence-corrected chi connectivity index (χ0v) is 16.7. The van der Waals surface area contributed by atoms with E-state index in [1.54, 1.807) is 0 Å². The van der Waals surface area contributed by atoms with E-state index in [0.717, 1.165) is 25.8 Å². The molecule has 1 atom stereocenters. The second kappa shape index (κ2) is 11.1. The van der Waals surface area contributed by atoms with Gasteiger partial charge in [0.2, 0.25) is 12.3 Å². The summed E-state index contributed by atoms with van der Waals surface area (Å²) in [4.78, 5) is 11.6. The number of ether oxygens (including phenoxy) is 3. The molecule has 1 saturated heterocycles. The zero-order chi connectivity index (χ0) is 22.1. The number of amides is 1. The van der Waals surface area contributed by atoms with Crippen molar-refractivity contribution >= 4 is 5.91 Å². The fourth-order valence-corrected chi connectivity index (χ4v) is 3.20. The second-order valence-electron chi connectivity index (χ2n) is 7.21. The summed E-state index contributed by atoms with van der Waals surface area (Å²) in [5.74, 6) is 0.906. The SMILES string of the molecule is FC(F)(F)OC1CC(c2nnco2)C1.O=C(COc1ccccc1)NC1CCCOC1. The molecule has 2 aromatic rings. The highest BCUT2D eigenvalue weighted by Gasteiger charge is 2.42. The number of benzene rings is 1. The molecule has 1 saturated carbocycles. The van der Waals surface area contributed by atoms with Crippen molar-refractivity contribution in [2.45, 2.75) is 50.1 Å². The Bertz CT molecular complexity index is 777. The molecular weight excluding hydrogens is 419 g/mol. The Balaban J connectivity index is 0.000000179. The number of hydrogen-bond acceptors (Lipinski definition) is 7. The third-order valence-corrected chi connectivity index (χ3v) is 4.76. The summed E-state index contributed by atoms with van der Waals surface area (Å²) < 4.78 is 54.5. The van der Waals surface area contributed by atoms with Gasteiger partial charge < -0.3 is 19.2 Å². The van der Waals surface area contributed by atoms with Gasteiger partial charge in [-0.05, 0) is 37.8 Å². The van der Waals surface area contributed by atoms with Crippen LogP contribution in [0.15, 0.2) is 41.1 Å². The van der Waals surface area contributed by atoms with E-state index in [0.29, 0.717) is 18.2 Å². The molecule has 11 heteroatoms. The van der Waals surface area contributed by atoms with Gasteiger partial charge in [0.25, 0.3) is 5.91 Å². The van der Waals surface area contributed by atoms with Crippen LogP contribution in [-0.4, -0.2) is 54.4 Å². The van der Waals surface area contributed by atoms with Crippen molar-refractivity contribution in [2.24, 2.45) is 0 Å². The molecule has 1 aromatic carbocycles.